The zero-order chi connectivity index (χ0) is 19.0. The van der Waals surface area contributed by atoms with E-state index in [1.165, 1.54) is 45.3 Å². The zero-order valence-electron chi connectivity index (χ0n) is 15.6. The number of amides is 1. The fourth-order valence-electron chi connectivity index (χ4n) is 3.26. The van der Waals surface area contributed by atoms with Crippen LogP contribution in [-0.4, -0.2) is 26.6 Å². The molecule has 1 amide bonds. The predicted molar refractivity (Wildman–Crippen MR) is 114 cm³/mol. The van der Waals surface area contributed by atoms with E-state index in [4.69, 9.17) is 9.97 Å². The molecule has 0 radical (unpaired) electrons. The van der Waals surface area contributed by atoms with E-state index < -0.39 is 0 Å². The number of rotatable bonds is 5. The molecule has 1 aliphatic rings. The topological polar surface area (TPSA) is 67.8 Å². The number of carbonyl (C=O) groups excluding carboxylic acids is 1. The molecule has 3 aromatic heterocycles. The van der Waals surface area contributed by atoms with Gasteiger partial charge < -0.3 is 5.32 Å². The molecule has 1 atom stereocenters. The standard InChI is InChI=1S/C19H22N4OS3/c1-10(2)16-22-17(26-9-14(24)21-19-20-6-7-25-19)15-12-5-4-11(3)8-13(12)27-18(15)23-16/h6-7,10-11H,4-5,8-9H2,1-3H3,(H,20,21,24)/t11-/m1/s1. The van der Waals surface area contributed by atoms with Crippen LogP contribution in [0.25, 0.3) is 10.2 Å². The number of hydrogen-bond donors (Lipinski definition) is 1. The van der Waals surface area contributed by atoms with Crippen LogP contribution in [0.5, 0.6) is 0 Å². The van der Waals surface area contributed by atoms with Crippen LogP contribution in [0.4, 0.5) is 5.13 Å². The molecule has 5 nitrogen and oxygen atoms in total. The molecule has 0 bridgehead atoms. The number of aromatic nitrogens is 3. The van der Waals surface area contributed by atoms with Crippen LogP contribution >= 0.6 is 34.4 Å². The lowest BCUT2D eigenvalue weighted by Gasteiger charge is -2.18. The summed E-state index contributed by atoms with van der Waals surface area (Å²) < 4.78 is 0. The van der Waals surface area contributed by atoms with Gasteiger partial charge in [0.1, 0.15) is 15.7 Å². The van der Waals surface area contributed by atoms with Crippen molar-refractivity contribution in [2.75, 3.05) is 11.1 Å². The van der Waals surface area contributed by atoms with Crippen LogP contribution in [0.1, 0.15) is 49.4 Å². The lowest BCUT2D eigenvalue weighted by molar-refractivity contribution is -0.113. The monoisotopic (exact) mass is 418 g/mol. The fourth-order valence-corrected chi connectivity index (χ4v) is 6.12. The van der Waals surface area contributed by atoms with Crippen molar-refractivity contribution < 1.29 is 4.79 Å². The Balaban J connectivity index is 1.64. The average Bonchev–Trinajstić information content (AvgIpc) is 3.25. The Labute approximate surface area is 171 Å². The summed E-state index contributed by atoms with van der Waals surface area (Å²) in [6.07, 6.45) is 5.11. The molecule has 0 spiro atoms. The van der Waals surface area contributed by atoms with E-state index in [2.05, 4.69) is 31.1 Å². The molecule has 4 rings (SSSR count). The maximum Gasteiger partial charge on any atom is 0.236 e. The van der Waals surface area contributed by atoms with Crippen LogP contribution in [-0.2, 0) is 17.6 Å². The molecule has 0 aliphatic heterocycles. The van der Waals surface area contributed by atoms with Crippen molar-refractivity contribution in [3.05, 3.63) is 27.8 Å². The Hall–Kier alpha value is -1.51. The molecule has 1 aliphatic carbocycles. The number of nitrogens with zero attached hydrogens (tertiary/aromatic N) is 3. The molecule has 3 heterocycles. The zero-order valence-corrected chi connectivity index (χ0v) is 18.1. The van der Waals surface area contributed by atoms with Crippen molar-refractivity contribution in [2.45, 2.75) is 51.0 Å². The Morgan fingerprint density at radius 1 is 1.41 bits per heavy atom. The first-order chi connectivity index (χ1) is 13.0. The van der Waals surface area contributed by atoms with Gasteiger partial charge in [-0.2, -0.15) is 0 Å². The highest BCUT2D eigenvalue weighted by atomic mass is 32.2. The van der Waals surface area contributed by atoms with Gasteiger partial charge in [0.05, 0.1) is 5.75 Å². The lowest BCUT2D eigenvalue weighted by atomic mass is 9.89. The maximum absolute atomic E-state index is 12.3. The number of fused-ring (bicyclic) bond motifs is 3. The third-order valence-electron chi connectivity index (χ3n) is 4.67. The normalized spacial score (nSPS) is 16.7. The minimum Gasteiger partial charge on any atom is -0.301 e. The van der Waals surface area contributed by atoms with Gasteiger partial charge in [-0.3, -0.25) is 4.79 Å². The van der Waals surface area contributed by atoms with Gasteiger partial charge in [0, 0.05) is 27.8 Å². The summed E-state index contributed by atoms with van der Waals surface area (Å²) in [5.74, 6) is 2.12. The van der Waals surface area contributed by atoms with E-state index in [0.29, 0.717) is 10.9 Å². The van der Waals surface area contributed by atoms with Gasteiger partial charge in [-0.25, -0.2) is 15.0 Å². The average molecular weight is 419 g/mol. The summed E-state index contributed by atoms with van der Waals surface area (Å²) >= 11 is 4.75. The minimum absolute atomic E-state index is 0.0504. The molecular formula is C19H22N4OS3. The molecular weight excluding hydrogens is 396 g/mol. The summed E-state index contributed by atoms with van der Waals surface area (Å²) in [6, 6.07) is 0. The van der Waals surface area contributed by atoms with Crippen molar-refractivity contribution >= 4 is 55.7 Å². The first-order valence-electron chi connectivity index (χ1n) is 9.15. The molecule has 1 N–H and O–H groups in total. The number of thiazole rings is 1. The quantitative estimate of drug-likeness (QED) is 0.460. The van der Waals surface area contributed by atoms with E-state index in [-0.39, 0.29) is 11.8 Å². The Kier molecular flexibility index (Phi) is 5.48. The fraction of sp³-hybridized carbons (Fsp3) is 0.474. The second-order valence-electron chi connectivity index (χ2n) is 7.25. The van der Waals surface area contributed by atoms with Gasteiger partial charge in [-0.15, -0.1) is 22.7 Å². The third-order valence-corrected chi connectivity index (χ3v) is 7.49. The molecule has 142 valence electrons. The van der Waals surface area contributed by atoms with Crippen LogP contribution in [0.2, 0.25) is 0 Å². The molecule has 27 heavy (non-hydrogen) atoms. The third kappa shape index (κ3) is 4.02. The van der Waals surface area contributed by atoms with E-state index in [0.717, 1.165) is 34.4 Å². The van der Waals surface area contributed by atoms with E-state index in [9.17, 15) is 4.79 Å². The Morgan fingerprint density at radius 2 is 2.26 bits per heavy atom. The molecule has 0 unspecified atom stereocenters. The summed E-state index contributed by atoms with van der Waals surface area (Å²) in [6.45, 7) is 6.54. The number of hydrogen-bond acceptors (Lipinski definition) is 7. The van der Waals surface area contributed by atoms with Crippen LogP contribution in [0, 0.1) is 5.92 Å². The minimum atomic E-state index is -0.0504. The van der Waals surface area contributed by atoms with Gasteiger partial charge in [0.2, 0.25) is 5.91 Å². The van der Waals surface area contributed by atoms with Crippen molar-refractivity contribution in [2.24, 2.45) is 5.92 Å². The summed E-state index contributed by atoms with van der Waals surface area (Å²) in [7, 11) is 0. The number of aryl methyl sites for hydroxylation is 1. The predicted octanol–water partition coefficient (Wildman–Crippen LogP) is 5.13. The van der Waals surface area contributed by atoms with Crippen LogP contribution in [0.3, 0.4) is 0 Å². The highest BCUT2D eigenvalue weighted by Crippen LogP contribution is 2.41. The van der Waals surface area contributed by atoms with Gasteiger partial charge in [0.25, 0.3) is 0 Å². The van der Waals surface area contributed by atoms with Crippen molar-refractivity contribution in [1.82, 2.24) is 15.0 Å². The SMILES string of the molecule is CC(C)c1nc(SCC(=O)Nc2nccs2)c2c3c(sc2n1)C[C@H](C)CC3. The molecule has 3 aromatic rings. The number of thioether (sulfide) groups is 1. The van der Waals surface area contributed by atoms with Crippen LogP contribution < -0.4 is 5.32 Å². The van der Waals surface area contributed by atoms with Gasteiger partial charge >= 0.3 is 0 Å². The number of anilines is 1. The molecule has 0 saturated heterocycles. The number of thiophene rings is 1. The van der Waals surface area contributed by atoms with Gasteiger partial charge in [-0.1, -0.05) is 32.5 Å². The van der Waals surface area contributed by atoms with Gasteiger partial charge in [0.15, 0.2) is 5.13 Å². The number of nitrogens with one attached hydrogen (secondary N) is 1. The molecule has 0 aromatic carbocycles. The summed E-state index contributed by atoms with van der Waals surface area (Å²) in [4.78, 5) is 28.6. The van der Waals surface area contributed by atoms with E-state index in [1.54, 1.807) is 6.20 Å². The van der Waals surface area contributed by atoms with Crippen molar-refractivity contribution in [3.63, 3.8) is 0 Å². The maximum atomic E-state index is 12.3. The Bertz CT molecular complexity index is 965. The summed E-state index contributed by atoms with van der Waals surface area (Å²) in [5.41, 5.74) is 1.41. The largest absolute Gasteiger partial charge is 0.301 e. The van der Waals surface area contributed by atoms with Gasteiger partial charge in [-0.05, 0) is 30.7 Å². The second kappa shape index (κ2) is 7.85. The highest BCUT2D eigenvalue weighted by molar-refractivity contribution is 8.00. The molecule has 8 heteroatoms. The highest BCUT2D eigenvalue weighted by Gasteiger charge is 2.24. The van der Waals surface area contributed by atoms with Crippen molar-refractivity contribution in [3.8, 4) is 0 Å². The van der Waals surface area contributed by atoms with E-state index in [1.807, 2.05) is 16.7 Å². The second-order valence-corrected chi connectivity index (χ2v) is 10.2. The van der Waals surface area contributed by atoms with Crippen molar-refractivity contribution in [1.29, 1.82) is 0 Å². The smallest absolute Gasteiger partial charge is 0.236 e. The molecule has 0 saturated carbocycles. The van der Waals surface area contributed by atoms with E-state index >= 15 is 0 Å². The first-order valence-corrected chi connectivity index (χ1v) is 11.8. The Morgan fingerprint density at radius 3 is 3.00 bits per heavy atom. The van der Waals surface area contributed by atoms with Crippen LogP contribution in [0.15, 0.2) is 16.6 Å². The summed E-state index contributed by atoms with van der Waals surface area (Å²) in [5, 5.41) is 7.46. The first kappa shape index (κ1) is 18.8. The lowest BCUT2D eigenvalue weighted by Crippen LogP contribution is -2.14. The number of carbonyl (C=O) groups is 1. The molecule has 0 fully saturated rings.